The van der Waals surface area contributed by atoms with Crippen LogP contribution in [0.5, 0.6) is 5.75 Å². The first-order valence-electron chi connectivity index (χ1n) is 9.51. The van der Waals surface area contributed by atoms with Crippen LogP contribution in [-0.4, -0.2) is 15.2 Å². The van der Waals surface area contributed by atoms with Gasteiger partial charge in [-0.1, -0.05) is 71.4 Å². The number of nitro benzene ring substituents is 1. The molecule has 0 radical (unpaired) electrons. The molecule has 33 heavy (non-hydrogen) atoms. The Labute approximate surface area is 208 Å². The fourth-order valence-electron chi connectivity index (χ4n) is 3.05. The average Bonchev–Trinajstić information content (AvgIpc) is 3.07. The van der Waals surface area contributed by atoms with Crippen molar-refractivity contribution in [2.75, 3.05) is 4.90 Å². The number of nitrogens with zero attached hydrogens (tertiary/aromatic N) is 2. The summed E-state index contributed by atoms with van der Waals surface area (Å²) >= 11 is 18.6. The van der Waals surface area contributed by atoms with Crippen LogP contribution in [0.1, 0.15) is 11.1 Å². The number of anilines is 1. The van der Waals surface area contributed by atoms with Gasteiger partial charge in [0, 0.05) is 27.7 Å². The number of thioether (sulfide) groups is 1. The second-order valence-electron chi connectivity index (χ2n) is 6.89. The monoisotopic (exact) mass is 516 g/mol. The van der Waals surface area contributed by atoms with Crippen molar-refractivity contribution in [3.05, 3.63) is 103 Å². The summed E-state index contributed by atoms with van der Waals surface area (Å²) in [5.74, 6) is 0.311. The Morgan fingerprint density at radius 1 is 1.09 bits per heavy atom. The van der Waals surface area contributed by atoms with E-state index in [4.69, 9.17) is 40.2 Å². The van der Waals surface area contributed by atoms with E-state index in [2.05, 4.69) is 0 Å². The van der Waals surface area contributed by atoms with Crippen molar-refractivity contribution < 1.29 is 14.5 Å². The predicted octanol–water partition coefficient (Wildman–Crippen LogP) is 6.89. The number of hydrogen-bond acceptors (Lipinski definition) is 6. The number of ether oxygens (including phenoxy) is 1. The quantitative estimate of drug-likeness (QED) is 0.154. The Kier molecular flexibility index (Phi) is 6.99. The SMILES string of the molecule is O=C1/C(=C/c2ccc(OCc3ccc(Cl)cc3Cl)cc2)SC(=S)N1c1cccc([N+](=O)[O-])c1. The highest BCUT2D eigenvalue weighted by atomic mass is 35.5. The topological polar surface area (TPSA) is 72.7 Å². The third kappa shape index (κ3) is 5.36. The number of nitro groups is 1. The zero-order valence-electron chi connectivity index (χ0n) is 16.7. The standard InChI is InChI=1S/C23H14Cl2N2O4S2/c24-16-7-6-15(20(25)11-16)13-31-19-8-4-14(5-9-19)10-21-22(28)26(23(32)33-21)17-2-1-3-18(12-17)27(29)30/h1-12H,13H2/b21-10-. The van der Waals surface area contributed by atoms with Gasteiger partial charge >= 0.3 is 0 Å². The number of carbonyl (C=O) groups excluding carboxylic acids is 1. The first-order chi connectivity index (χ1) is 15.8. The molecule has 0 atom stereocenters. The smallest absolute Gasteiger partial charge is 0.271 e. The Hall–Kier alpha value is -2.91. The lowest BCUT2D eigenvalue weighted by molar-refractivity contribution is -0.384. The van der Waals surface area contributed by atoms with Crippen molar-refractivity contribution >= 4 is 74.9 Å². The van der Waals surface area contributed by atoms with E-state index in [0.29, 0.717) is 30.7 Å². The maximum absolute atomic E-state index is 12.9. The van der Waals surface area contributed by atoms with Crippen LogP contribution >= 0.6 is 47.2 Å². The van der Waals surface area contributed by atoms with Gasteiger partial charge in [-0.25, -0.2) is 0 Å². The molecule has 166 valence electrons. The third-order valence-corrected chi connectivity index (χ3v) is 6.57. The van der Waals surface area contributed by atoms with Crippen molar-refractivity contribution in [3.63, 3.8) is 0 Å². The Balaban J connectivity index is 1.46. The second kappa shape index (κ2) is 9.93. The lowest BCUT2D eigenvalue weighted by Crippen LogP contribution is -2.27. The van der Waals surface area contributed by atoms with Gasteiger partial charge in [-0.2, -0.15) is 0 Å². The van der Waals surface area contributed by atoms with Gasteiger partial charge in [-0.05, 0) is 42.0 Å². The van der Waals surface area contributed by atoms with E-state index in [0.717, 1.165) is 22.9 Å². The van der Waals surface area contributed by atoms with Gasteiger partial charge in [-0.3, -0.25) is 19.8 Å². The van der Waals surface area contributed by atoms with Gasteiger partial charge in [-0.15, -0.1) is 0 Å². The molecule has 0 spiro atoms. The molecule has 3 aromatic carbocycles. The molecule has 0 unspecified atom stereocenters. The highest BCUT2D eigenvalue weighted by Gasteiger charge is 2.33. The molecule has 0 aromatic heterocycles. The summed E-state index contributed by atoms with van der Waals surface area (Å²) in [6.45, 7) is 0.289. The highest BCUT2D eigenvalue weighted by molar-refractivity contribution is 8.27. The molecule has 0 aliphatic carbocycles. The zero-order chi connectivity index (χ0) is 23.5. The summed E-state index contributed by atoms with van der Waals surface area (Å²) in [7, 11) is 0. The molecule has 1 aliphatic rings. The molecule has 1 aliphatic heterocycles. The molecule has 4 rings (SSSR count). The Morgan fingerprint density at radius 2 is 1.85 bits per heavy atom. The Morgan fingerprint density at radius 3 is 2.55 bits per heavy atom. The molecule has 0 bridgehead atoms. The number of rotatable bonds is 6. The summed E-state index contributed by atoms with van der Waals surface area (Å²) in [4.78, 5) is 25.2. The number of hydrogen-bond donors (Lipinski definition) is 0. The van der Waals surface area contributed by atoms with Crippen LogP contribution in [0.25, 0.3) is 6.08 Å². The van der Waals surface area contributed by atoms with Crippen molar-refractivity contribution in [2.45, 2.75) is 6.61 Å². The van der Waals surface area contributed by atoms with E-state index in [1.807, 2.05) is 18.2 Å². The third-order valence-electron chi connectivity index (χ3n) is 4.68. The number of carbonyl (C=O) groups is 1. The number of benzene rings is 3. The maximum Gasteiger partial charge on any atom is 0.271 e. The lowest BCUT2D eigenvalue weighted by atomic mass is 10.2. The molecule has 3 aromatic rings. The minimum absolute atomic E-state index is 0.110. The fourth-order valence-corrected chi connectivity index (χ4v) is 4.81. The maximum atomic E-state index is 12.9. The minimum Gasteiger partial charge on any atom is -0.489 e. The molecule has 0 N–H and O–H groups in total. The van der Waals surface area contributed by atoms with Crippen molar-refractivity contribution in [1.82, 2.24) is 0 Å². The predicted molar refractivity (Wildman–Crippen MR) is 136 cm³/mol. The molecule has 1 saturated heterocycles. The van der Waals surface area contributed by atoms with Gasteiger partial charge in [0.05, 0.1) is 15.5 Å². The fraction of sp³-hybridized carbons (Fsp3) is 0.0435. The summed E-state index contributed by atoms with van der Waals surface area (Å²) in [6, 6.07) is 18.3. The number of thiocarbonyl (C=S) groups is 1. The van der Waals surface area contributed by atoms with E-state index in [1.54, 1.807) is 36.4 Å². The molecule has 6 nitrogen and oxygen atoms in total. The van der Waals surface area contributed by atoms with E-state index >= 15 is 0 Å². The van der Waals surface area contributed by atoms with Gasteiger partial charge in [0.15, 0.2) is 4.32 Å². The minimum atomic E-state index is -0.512. The van der Waals surface area contributed by atoms with E-state index < -0.39 is 4.92 Å². The molecule has 1 fully saturated rings. The number of halogens is 2. The van der Waals surface area contributed by atoms with Gasteiger partial charge in [0.2, 0.25) is 0 Å². The average molecular weight is 517 g/mol. The van der Waals surface area contributed by atoms with E-state index in [-0.39, 0.29) is 18.2 Å². The summed E-state index contributed by atoms with van der Waals surface area (Å²) in [5, 5.41) is 12.1. The normalized spacial score (nSPS) is 14.7. The summed E-state index contributed by atoms with van der Waals surface area (Å²) < 4.78 is 6.09. The highest BCUT2D eigenvalue weighted by Crippen LogP contribution is 2.37. The van der Waals surface area contributed by atoms with Gasteiger partial charge in [0.1, 0.15) is 12.4 Å². The molecular formula is C23H14Cl2N2O4S2. The number of non-ortho nitro benzene ring substituents is 1. The first-order valence-corrected chi connectivity index (χ1v) is 11.5. The number of amides is 1. The van der Waals surface area contributed by atoms with Crippen molar-refractivity contribution in [1.29, 1.82) is 0 Å². The molecule has 10 heteroatoms. The van der Waals surface area contributed by atoms with E-state index in [1.165, 1.54) is 23.1 Å². The van der Waals surface area contributed by atoms with Crippen LogP contribution in [0.4, 0.5) is 11.4 Å². The van der Waals surface area contributed by atoms with Crippen LogP contribution < -0.4 is 9.64 Å². The van der Waals surface area contributed by atoms with Crippen LogP contribution in [0, 0.1) is 10.1 Å². The largest absolute Gasteiger partial charge is 0.489 e. The van der Waals surface area contributed by atoms with Crippen molar-refractivity contribution in [2.24, 2.45) is 0 Å². The molecular weight excluding hydrogens is 503 g/mol. The molecule has 1 amide bonds. The first kappa shape index (κ1) is 23.3. The van der Waals surface area contributed by atoms with Crippen LogP contribution in [-0.2, 0) is 11.4 Å². The molecule has 0 saturated carbocycles. The van der Waals surface area contributed by atoms with Gasteiger partial charge < -0.3 is 4.74 Å². The van der Waals surface area contributed by atoms with Crippen LogP contribution in [0.15, 0.2) is 71.6 Å². The van der Waals surface area contributed by atoms with Gasteiger partial charge in [0.25, 0.3) is 11.6 Å². The zero-order valence-corrected chi connectivity index (χ0v) is 19.9. The Bertz CT molecular complexity index is 1300. The van der Waals surface area contributed by atoms with E-state index in [9.17, 15) is 14.9 Å². The van der Waals surface area contributed by atoms with Crippen LogP contribution in [0.2, 0.25) is 10.0 Å². The van der Waals surface area contributed by atoms with Crippen molar-refractivity contribution in [3.8, 4) is 5.75 Å². The summed E-state index contributed by atoms with van der Waals surface area (Å²) in [5.41, 5.74) is 1.85. The second-order valence-corrected chi connectivity index (χ2v) is 9.41. The lowest BCUT2D eigenvalue weighted by Gasteiger charge is -2.13. The van der Waals surface area contributed by atoms with Crippen LogP contribution in [0.3, 0.4) is 0 Å². The molecule has 1 heterocycles. The summed E-state index contributed by atoms with van der Waals surface area (Å²) in [6.07, 6.45) is 1.72.